The van der Waals surface area contributed by atoms with Gasteiger partial charge in [0.2, 0.25) is 0 Å². The maximum Gasteiger partial charge on any atom is 0.311 e. The van der Waals surface area contributed by atoms with E-state index >= 15 is 0 Å². The van der Waals surface area contributed by atoms with Crippen LogP contribution in [0.2, 0.25) is 10.0 Å². The van der Waals surface area contributed by atoms with Crippen molar-refractivity contribution in [3.05, 3.63) is 57.6 Å². The van der Waals surface area contributed by atoms with Gasteiger partial charge in [-0.15, -0.1) is 0 Å². The smallest absolute Gasteiger partial charge is 0.311 e. The van der Waals surface area contributed by atoms with Crippen LogP contribution in [0.1, 0.15) is 23.5 Å². The molecule has 0 aliphatic carbocycles. The predicted molar refractivity (Wildman–Crippen MR) is 93.6 cm³/mol. The van der Waals surface area contributed by atoms with Crippen LogP contribution in [0.15, 0.2) is 36.4 Å². The van der Waals surface area contributed by atoms with Crippen molar-refractivity contribution in [2.75, 3.05) is 5.32 Å². The molecule has 0 aliphatic heterocycles. The van der Waals surface area contributed by atoms with E-state index < -0.39 is 24.3 Å². The maximum absolute atomic E-state index is 11.5. The summed E-state index contributed by atoms with van der Waals surface area (Å²) in [6.45, 7) is 1.80. The molecular formula is C17H15Cl2NO4. The van der Waals surface area contributed by atoms with E-state index in [4.69, 9.17) is 28.3 Å². The Labute approximate surface area is 148 Å². The third-order valence-electron chi connectivity index (χ3n) is 3.48. The summed E-state index contributed by atoms with van der Waals surface area (Å²) in [6, 6.07) is 10.1. The largest absolute Gasteiger partial charge is 0.481 e. The average molecular weight is 368 g/mol. The fourth-order valence-corrected chi connectivity index (χ4v) is 2.83. The summed E-state index contributed by atoms with van der Waals surface area (Å²) >= 11 is 12.3. The van der Waals surface area contributed by atoms with Crippen molar-refractivity contribution >= 4 is 46.5 Å². The molecule has 1 atom stereocenters. The lowest BCUT2D eigenvalue weighted by atomic mass is 9.92. The Morgan fingerprint density at radius 2 is 1.75 bits per heavy atom. The summed E-state index contributed by atoms with van der Waals surface area (Å²) in [5, 5.41) is 22.2. The van der Waals surface area contributed by atoms with Gasteiger partial charge in [0.1, 0.15) is 0 Å². The van der Waals surface area contributed by atoms with Crippen LogP contribution >= 0.6 is 23.2 Å². The molecule has 0 heterocycles. The third-order valence-corrected chi connectivity index (χ3v) is 4.11. The number of carboxylic acids is 2. The predicted octanol–water partition coefficient (Wildman–Crippen LogP) is 4.69. The zero-order valence-electron chi connectivity index (χ0n) is 12.7. The number of hydrogen-bond donors (Lipinski definition) is 3. The van der Waals surface area contributed by atoms with Crippen molar-refractivity contribution < 1.29 is 19.8 Å². The van der Waals surface area contributed by atoms with Gasteiger partial charge in [0, 0.05) is 5.69 Å². The SMILES string of the molecule is Cc1ccc(Nc2c(Cl)cccc2Cl)c(C(CC(=O)O)C(=O)O)c1. The molecule has 7 heteroatoms. The molecule has 24 heavy (non-hydrogen) atoms. The van der Waals surface area contributed by atoms with E-state index in [9.17, 15) is 14.7 Å². The first kappa shape index (κ1) is 18.1. The number of carboxylic acid groups (broad SMARTS) is 2. The highest BCUT2D eigenvalue weighted by Gasteiger charge is 2.26. The first-order valence-electron chi connectivity index (χ1n) is 7.05. The van der Waals surface area contributed by atoms with E-state index in [0.29, 0.717) is 27.0 Å². The summed E-state index contributed by atoms with van der Waals surface area (Å²) < 4.78 is 0. The molecule has 0 saturated carbocycles. The van der Waals surface area contributed by atoms with E-state index in [-0.39, 0.29) is 0 Å². The lowest BCUT2D eigenvalue weighted by Gasteiger charge is -2.19. The molecule has 5 nitrogen and oxygen atoms in total. The lowest BCUT2D eigenvalue weighted by molar-refractivity contribution is -0.145. The Bertz CT molecular complexity index is 772. The minimum absolute atomic E-state index is 0.362. The fraction of sp³-hybridized carbons (Fsp3) is 0.176. The molecule has 3 N–H and O–H groups in total. The lowest BCUT2D eigenvalue weighted by Crippen LogP contribution is -2.17. The van der Waals surface area contributed by atoms with Crippen molar-refractivity contribution in [2.24, 2.45) is 0 Å². The minimum atomic E-state index is -1.21. The number of aliphatic carboxylic acids is 2. The van der Waals surface area contributed by atoms with Gasteiger partial charge < -0.3 is 15.5 Å². The summed E-state index contributed by atoms with van der Waals surface area (Å²) in [6.07, 6.45) is -0.524. The zero-order chi connectivity index (χ0) is 17.9. The highest BCUT2D eigenvalue weighted by molar-refractivity contribution is 6.39. The fourth-order valence-electron chi connectivity index (χ4n) is 2.34. The Kier molecular flexibility index (Phi) is 5.70. The van der Waals surface area contributed by atoms with E-state index in [1.807, 2.05) is 0 Å². The summed E-state index contributed by atoms with van der Waals surface area (Å²) in [7, 11) is 0. The van der Waals surface area contributed by atoms with Crippen LogP contribution in [-0.4, -0.2) is 22.2 Å². The van der Waals surface area contributed by atoms with Crippen molar-refractivity contribution in [1.29, 1.82) is 0 Å². The number of hydrogen-bond acceptors (Lipinski definition) is 3. The van der Waals surface area contributed by atoms with Gasteiger partial charge in [0.25, 0.3) is 0 Å². The molecule has 0 aliphatic rings. The molecule has 0 amide bonds. The average Bonchev–Trinajstić information content (AvgIpc) is 2.49. The van der Waals surface area contributed by atoms with Crippen LogP contribution in [0.3, 0.4) is 0 Å². The molecule has 1 unspecified atom stereocenters. The highest BCUT2D eigenvalue weighted by Crippen LogP contribution is 2.36. The first-order chi connectivity index (χ1) is 11.3. The molecule has 0 saturated heterocycles. The summed E-state index contributed by atoms with van der Waals surface area (Å²) in [5.74, 6) is -3.59. The second-order valence-electron chi connectivity index (χ2n) is 5.30. The van der Waals surface area contributed by atoms with E-state index in [1.54, 1.807) is 43.3 Å². The molecule has 0 bridgehead atoms. The molecular weight excluding hydrogens is 353 g/mol. The normalized spacial score (nSPS) is 11.8. The summed E-state index contributed by atoms with van der Waals surface area (Å²) in [4.78, 5) is 22.6. The Balaban J connectivity index is 2.51. The Hall–Kier alpha value is -2.24. The number of rotatable bonds is 6. The van der Waals surface area contributed by atoms with E-state index in [2.05, 4.69) is 5.32 Å². The highest BCUT2D eigenvalue weighted by atomic mass is 35.5. The van der Waals surface area contributed by atoms with E-state index in [0.717, 1.165) is 5.56 Å². The van der Waals surface area contributed by atoms with Crippen LogP contribution in [0.5, 0.6) is 0 Å². The molecule has 126 valence electrons. The number of nitrogens with one attached hydrogen (secondary N) is 1. The summed E-state index contributed by atoms with van der Waals surface area (Å²) in [5.41, 5.74) is 2.06. The van der Waals surface area contributed by atoms with Crippen molar-refractivity contribution in [3.8, 4) is 0 Å². The second-order valence-corrected chi connectivity index (χ2v) is 6.12. The topological polar surface area (TPSA) is 86.6 Å². The van der Waals surface area contributed by atoms with Crippen LogP contribution in [0.4, 0.5) is 11.4 Å². The minimum Gasteiger partial charge on any atom is -0.481 e. The van der Waals surface area contributed by atoms with Gasteiger partial charge in [-0.2, -0.15) is 0 Å². The van der Waals surface area contributed by atoms with Gasteiger partial charge >= 0.3 is 11.9 Å². The number of benzene rings is 2. The zero-order valence-corrected chi connectivity index (χ0v) is 14.2. The molecule has 2 rings (SSSR count). The van der Waals surface area contributed by atoms with E-state index in [1.165, 1.54) is 0 Å². The van der Waals surface area contributed by atoms with Crippen LogP contribution in [0.25, 0.3) is 0 Å². The number of anilines is 2. The number of aryl methyl sites for hydroxylation is 1. The Morgan fingerprint density at radius 1 is 1.12 bits per heavy atom. The van der Waals surface area contributed by atoms with Crippen LogP contribution in [0, 0.1) is 6.92 Å². The number of halogens is 2. The standard InChI is InChI=1S/C17H15Cl2NO4/c1-9-5-6-14(20-16-12(18)3-2-4-13(16)19)10(7-9)11(17(23)24)8-15(21)22/h2-7,11,20H,8H2,1H3,(H,21,22)(H,23,24). The molecule has 0 spiro atoms. The van der Waals surface area contributed by atoms with Crippen LogP contribution in [-0.2, 0) is 9.59 Å². The second kappa shape index (κ2) is 7.55. The van der Waals surface area contributed by atoms with Gasteiger partial charge in [-0.3, -0.25) is 9.59 Å². The van der Waals surface area contributed by atoms with Crippen molar-refractivity contribution in [3.63, 3.8) is 0 Å². The van der Waals surface area contributed by atoms with Gasteiger partial charge in [0.05, 0.1) is 28.1 Å². The third kappa shape index (κ3) is 4.19. The number of carbonyl (C=O) groups is 2. The quantitative estimate of drug-likeness (QED) is 0.689. The Morgan fingerprint density at radius 3 is 2.29 bits per heavy atom. The molecule has 0 aromatic heterocycles. The molecule has 2 aromatic rings. The van der Waals surface area contributed by atoms with Crippen LogP contribution < -0.4 is 5.32 Å². The molecule has 2 aromatic carbocycles. The van der Waals surface area contributed by atoms with Gasteiger partial charge in [-0.05, 0) is 30.7 Å². The first-order valence-corrected chi connectivity index (χ1v) is 7.81. The van der Waals surface area contributed by atoms with Gasteiger partial charge in [0.15, 0.2) is 0 Å². The molecule has 0 fully saturated rings. The van der Waals surface area contributed by atoms with Gasteiger partial charge in [-0.1, -0.05) is 47.0 Å². The van der Waals surface area contributed by atoms with Crippen molar-refractivity contribution in [2.45, 2.75) is 19.3 Å². The monoisotopic (exact) mass is 367 g/mol. The van der Waals surface area contributed by atoms with Gasteiger partial charge in [-0.25, -0.2) is 0 Å². The number of para-hydroxylation sites is 1. The van der Waals surface area contributed by atoms with Crippen molar-refractivity contribution in [1.82, 2.24) is 0 Å². The maximum atomic E-state index is 11.5. The molecule has 0 radical (unpaired) electrons.